The Morgan fingerprint density at radius 3 is 3.08 bits per heavy atom. The number of rotatable bonds is 1. The van der Waals surface area contributed by atoms with Gasteiger partial charge in [-0.1, -0.05) is 12.1 Å². The van der Waals surface area contributed by atoms with Crippen molar-refractivity contribution in [1.29, 1.82) is 0 Å². The highest BCUT2D eigenvalue weighted by Crippen LogP contribution is 2.27. The van der Waals surface area contributed by atoms with Gasteiger partial charge in [-0.25, -0.2) is 4.39 Å². The number of anilines is 1. The summed E-state index contributed by atoms with van der Waals surface area (Å²) in [6.45, 7) is 0.710. The lowest BCUT2D eigenvalue weighted by Gasteiger charge is -2.11. The zero-order valence-corrected chi connectivity index (χ0v) is 7.18. The van der Waals surface area contributed by atoms with Crippen molar-refractivity contribution in [3.63, 3.8) is 0 Å². The zero-order valence-electron chi connectivity index (χ0n) is 7.18. The number of alkyl halides is 1. The molecule has 1 aromatic rings. The highest BCUT2D eigenvalue weighted by atomic mass is 19.1. The molecular formula is C10H12FN. The van der Waals surface area contributed by atoms with E-state index in [1.54, 1.807) is 0 Å². The van der Waals surface area contributed by atoms with E-state index in [0.717, 1.165) is 18.5 Å². The van der Waals surface area contributed by atoms with Crippen LogP contribution in [0.2, 0.25) is 0 Å². The minimum atomic E-state index is -0.350. The number of likely N-dealkylation sites (N-methyl/N-ethyl adjacent to an activating group) is 1. The van der Waals surface area contributed by atoms with Crippen LogP contribution in [-0.2, 0) is 13.1 Å². The summed E-state index contributed by atoms with van der Waals surface area (Å²) in [6.07, 6.45) is 1.06. The van der Waals surface area contributed by atoms with Gasteiger partial charge in [0, 0.05) is 19.3 Å². The van der Waals surface area contributed by atoms with Crippen LogP contribution in [-0.4, -0.2) is 13.6 Å². The monoisotopic (exact) mass is 165 g/mol. The van der Waals surface area contributed by atoms with Gasteiger partial charge < -0.3 is 4.90 Å². The molecule has 0 amide bonds. The molecule has 0 N–H and O–H groups in total. The third kappa shape index (κ3) is 1.07. The maximum absolute atomic E-state index is 12.3. The summed E-state index contributed by atoms with van der Waals surface area (Å²) >= 11 is 0. The second-order valence-electron chi connectivity index (χ2n) is 3.27. The van der Waals surface area contributed by atoms with E-state index in [1.165, 1.54) is 11.3 Å². The summed E-state index contributed by atoms with van der Waals surface area (Å²) in [7, 11) is 2.07. The van der Waals surface area contributed by atoms with E-state index in [4.69, 9.17) is 0 Å². The SMILES string of the molecule is CN1CCc2cc(CF)ccc21. The van der Waals surface area contributed by atoms with Crippen LogP contribution in [0.5, 0.6) is 0 Å². The molecule has 2 heteroatoms. The molecule has 0 aliphatic carbocycles. The molecule has 1 nitrogen and oxygen atoms in total. The van der Waals surface area contributed by atoms with Crippen molar-refractivity contribution in [2.24, 2.45) is 0 Å². The van der Waals surface area contributed by atoms with Crippen LogP contribution in [0.15, 0.2) is 18.2 Å². The highest BCUT2D eigenvalue weighted by molar-refractivity contribution is 5.58. The Kier molecular flexibility index (Phi) is 1.75. The first kappa shape index (κ1) is 7.59. The first-order valence-corrected chi connectivity index (χ1v) is 4.20. The molecule has 2 rings (SSSR count). The smallest absolute Gasteiger partial charge is 0.115 e. The van der Waals surface area contributed by atoms with Crippen molar-refractivity contribution < 1.29 is 4.39 Å². The number of nitrogens with zero attached hydrogens (tertiary/aromatic N) is 1. The Balaban J connectivity index is 2.41. The average Bonchev–Trinajstić information content (AvgIpc) is 2.47. The van der Waals surface area contributed by atoms with Crippen molar-refractivity contribution in [1.82, 2.24) is 0 Å². The fraction of sp³-hybridized carbons (Fsp3) is 0.400. The van der Waals surface area contributed by atoms with Gasteiger partial charge in [0.15, 0.2) is 0 Å². The fourth-order valence-corrected chi connectivity index (χ4v) is 1.70. The van der Waals surface area contributed by atoms with E-state index in [-0.39, 0.29) is 6.67 Å². The van der Waals surface area contributed by atoms with Crippen molar-refractivity contribution in [2.75, 3.05) is 18.5 Å². The first-order valence-electron chi connectivity index (χ1n) is 4.20. The Morgan fingerprint density at radius 2 is 2.33 bits per heavy atom. The van der Waals surface area contributed by atoms with E-state index in [1.807, 2.05) is 18.2 Å². The van der Waals surface area contributed by atoms with Crippen molar-refractivity contribution in [3.8, 4) is 0 Å². The second-order valence-corrected chi connectivity index (χ2v) is 3.27. The topological polar surface area (TPSA) is 3.24 Å². The lowest BCUT2D eigenvalue weighted by molar-refractivity contribution is 0.485. The maximum Gasteiger partial charge on any atom is 0.115 e. The summed E-state index contributed by atoms with van der Waals surface area (Å²) in [5.41, 5.74) is 3.34. The van der Waals surface area contributed by atoms with Crippen LogP contribution >= 0.6 is 0 Å². The molecule has 1 aliphatic heterocycles. The normalized spacial score (nSPS) is 15.0. The van der Waals surface area contributed by atoms with E-state index in [2.05, 4.69) is 11.9 Å². The van der Waals surface area contributed by atoms with Gasteiger partial charge in [0.1, 0.15) is 6.67 Å². The van der Waals surface area contributed by atoms with Gasteiger partial charge in [-0.15, -0.1) is 0 Å². The predicted octanol–water partition coefficient (Wildman–Crippen LogP) is 2.15. The van der Waals surface area contributed by atoms with Crippen molar-refractivity contribution in [3.05, 3.63) is 29.3 Å². The molecule has 0 aromatic heterocycles. The lowest BCUT2D eigenvalue weighted by atomic mass is 10.1. The van der Waals surface area contributed by atoms with Crippen LogP contribution in [0.3, 0.4) is 0 Å². The molecule has 1 heterocycles. The molecule has 0 atom stereocenters. The fourth-order valence-electron chi connectivity index (χ4n) is 1.70. The van der Waals surface area contributed by atoms with Crippen LogP contribution in [0.4, 0.5) is 10.1 Å². The van der Waals surface area contributed by atoms with Crippen LogP contribution in [0.25, 0.3) is 0 Å². The summed E-state index contributed by atoms with van der Waals surface area (Å²) in [4.78, 5) is 2.21. The predicted molar refractivity (Wildman–Crippen MR) is 48.2 cm³/mol. The molecule has 0 spiro atoms. The third-order valence-electron chi connectivity index (χ3n) is 2.43. The number of hydrogen-bond donors (Lipinski definition) is 0. The minimum absolute atomic E-state index is 0.350. The zero-order chi connectivity index (χ0) is 8.55. The van der Waals surface area contributed by atoms with Crippen molar-refractivity contribution >= 4 is 5.69 Å². The highest BCUT2D eigenvalue weighted by Gasteiger charge is 2.14. The van der Waals surface area contributed by atoms with Gasteiger partial charge in [0.2, 0.25) is 0 Å². The lowest BCUT2D eigenvalue weighted by Crippen LogP contribution is -2.12. The van der Waals surface area contributed by atoms with Gasteiger partial charge in [0.05, 0.1) is 0 Å². The molecule has 0 saturated carbocycles. The summed E-state index contributed by atoms with van der Waals surface area (Å²) in [5.74, 6) is 0. The van der Waals surface area contributed by atoms with Gasteiger partial charge in [0.25, 0.3) is 0 Å². The Hall–Kier alpha value is -1.05. The average molecular weight is 165 g/mol. The van der Waals surface area contributed by atoms with Gasteiger partial charge >= 0.3 is 0 Å². The standard InChI is InChI=1S/C10H12FN/c1-12-5-4-9-6-8(7-11)2-3-10(9)12/h2-3,6H,4-5,7H2,1H3. The summed E-state index contributed by atoms with van der Waals surface area (Å²) in [5, 5.41) is 0. The maximum atomic E-state index is 12.3. The van der Waals surface area contributed by atoms with E-state index in [0.29, 0.717) is 0 Å². The second kappa shape index (κ2) is 2.77. The van der Waals surface area contributed by atoms with Crippen molar-refractivity contribution in [2.45, 2.75) is 13.1 Å². The minimum Gasteiger partial charge on any atom is -0.374 e. The third-order valence-corrected chi connectivity index (χ3v) is 2.43. The molecule has 0 radical (unpaired) electrons. The molecule has 1 aromatic carbocycles. The molecule has 1 aliphatic rings. The number of fused-ring (bicyclic) bond motifs is 1. The van der Waals surface area contributed by atoms with Gasteiger partial charge in [-0.05, 0) is 23.6 Å². The molecule has 0 saturated heterocycles. The number of benzene rings is 1. The summed E-state index contributed by atoms with van der Waals surface area (Å²) in [6, 6.07) is 5.84. The van der Waals surface area contributed by atoms with Gasteiger partial charge in [-0.2, -0.15) is 0 Å². The largest absolute Gasteiger partial charge is 0.374 e. The molecule has 0 fully saturated rings. The van der Waals surface area contributed by atoms with E-state index in [9.17, 15) is 4.39 Å². The molecule has 0 bridgehead atoms. The Labute approximate surface area is 71.8 Å². The molecule has 64 valence electrons. The van der Waals surface area contributed by atoms with E-state index >= 15 is 0 Å². The van der Waals surface area contributed by atoms with Crippen LogP contribution in [0, 0.1) is 0 Å². The molecule has 12 heavy (non-hydrogen) atoms. The first-order chi connectivity index (χ1) is 5.81. The van der Waals surface area contributed by atoms with Crippen LogP contribution in [0.1, 0.15) is 11.1 Å². The van der Waals surface area contributed by atoms with E-state index < -0.39 is 0 Å². The summed E-state index contributed by atoms with van der Waals surface area (Å²) < 4.78 is 12.3. The molecule has 0 unspecified atom stereocenters. The quantitative estimate of drug-likeness (QED) is 0.616. The number of hydrogen-bond acceptors (Lipinski definition) is 1. The Morgan fingerprint density at radius 1 is 1.50 bits per heavy atom. The Bertz CT molecular complexity index is 296. The van der Waals surface area contributed by atoms with Gasteiger partial charge in [-0.3, -0.25) is 0 Å². The molecular weight excluding hydrogens is 153 g/mol. The van der Waals surface area contributed by atoms with Crippen LogP contribution < -0.4 is 4.90 Å². The number of halogens is 1.